The molecule has 0 atom stereocenters. The fraction of sp³-hybridized carbons (Fsp3) is 0.533. The fourth-order valence-electron chi connectivity index (χ4n) is 2.70. The number of hydrogen-bond acceptors (Lipinski definition) is 3. The van der Waals surface area contributed by atoms with E-state index in [-0.39, 0.29) is 0 Å². The summed E-state index contributed by atoms with van der Waals surface area (Å²) < 4.78 is 7.64. The first-order chi connectivity index (χ1) is 9.78. The molecule has 1 saturated heterocycles. The molecule has 2 aromatic rings. The van der Waals surface area contributed by atoms with Crippen molar-refractivity contribution in [2.75, 3.05) is 32.8 Å². The maximum Gasteiger partial charge on any atom is 0.124 e. The molecular weight excluding hydrogens is 274 g/mol. The van der Waals surface area contributed by atoms with Gasteiger partial charge in [0.25, 0.3) is 0 Å². The number of alkyl halides is 1. The number of rotatable bonds is 4. The molecule has 0 N–H and O–H groups in total. The minimum Gasteiger partial charge on any atom is -0.379 e. The van der Waals surface area contributed by atoms with E-state index in [4.69, 9.17) is 16.3 Å². The highest BCUT2D eigenvalue weighted by Gasteiger charge is 2.13. The number of nitrogens with zero attached hydrogens (tertiary/aromatic N) is 3. The van der Waals surface area contributed by atoms with Crippen molar-refractivity contribution in [3.63, 3.8) is 0 Å². The molecule has 0 saturated carbocycles. The molecule has 1 aliphatic rings. The van der Waals surface area contributed by atoms with Crippen LogP contribution >= 0.6 is 11.6 Å². The summed E-state index contributed by atoms with van der Waals surface area (Å²) in [7, 11) is 0. The zero-order valence-electron chi connectivity index (χ0n) is 11.8. The van der Waals surface area contributed by atoms with E-state index in [1.165, 1.54) is 11.1 Å². The molecule has 1 aliphatic heterocycles. The van der Waals surface area contributed by atoms with Gasteiger partial charge in [0.15, 0.2) is 0 Å². The number of ether oxygens (including phenoxy) is 1. The zero-order valence-corrected chi connectivity index (χ0v) is 12.6. The van der Waals surface area contributed by atoms with Crippen molar-refractivity contribution in [3.05, 3.63) is 29.6 Å². The molecule has 3 rings (SSSR count). The molecule has 1 fully saturated rings. The molecule has 20 heavy (non-hydrogen) atoms. The van der Waals surface area contributed by atoms with E-state index < -0.39 is 0 Å². The summed E-state index contributed by atoms with van der Waals surface area (Å²) in [4.78, 5) is 7.06. The third-order valence-corrected chi connectivity index (χ3v) is 4.08. The number of aryl methyl sites for hydroxylation is 1. The Morgan fingerprint density at radius 3 is 2.80 bits per heavy atom. The Labute approximate surface area is 124 Å². The Morgan fingerprint density at radius 1 is 1.25 bits per heavy atom. The van der Waals surface area contributed by atoms with Crippen LogP contribution in [0.2, 0.25) is 0 Å². The Bertz CT molecular complexity index is 590. The number of hydrogen-bond donors (Lipinski definition) is 0. The van der Waals surface area contributed by atoms with Crippen LogP contribution in [0, 0.1) is 6.92 Å². The first kappa shape index (κ1) is 13.9. The zero-order chi connectivity index (χ0) is 13.9. The lowest BCUT2D eigenvalue weighted by Gasteiger charge is -2.26. The van der Waals surface area contributed by atoms with Crippen LogP contribution in [0.25, 0.3) is 11.0 Å². The number of imidazole rings is 1. The van der Waals surface area contributed by atoms with Crippen LogP contribution < -0.4 is 0 Å². The summed E-state index contributed by atoms with van der Waals surface area (Å²) in [6.07, 6.45) is 0. The van der Waals surface area contributed by atoms with Gasteiger partial charge in [-0.15, -0.1) is 11.6 Å². The average Bonchev–Trinajstić information content (AvgIpc) is 2.83. The van der Waals surface area contributed by atoms with Crippen molar-refractivity contribution in [2.45, 2.75) is 19.3 Å². The SMILES string of the molecule is Cc1ccc2nc(CCl)n(CCN3CCOCC3)c2c1. The summed E-state index contributed by atoms with van der Waals surface area (Å²) in [6.45, 7) is 7.77. The molecule has 2 heterocycles. The normalized spacial score (nSPS) is 16.9. The Morgan fingerprint density at radius 2 is 2.05 bits per heavy atom. The smallest absolute Gasteiger partial charge is 0.124 e. The first-order valence-corrected chi connectivity index (χ1v) is 7.63. The first-order valence-electron chi connectivity index (χ1n) is 7.10. The number of halogens is 1. The monoisotopic (exact) mass is 293 g/mol. The second kappa shape index (κ2) is 6.12. The van der Waals surface area contributed by atoms with E-state index in [2.05, 4.69) is 39.6 Å². The Kier molecular flexibility index (Phi) is 4.24. The fourth-order valence-corrected chi connectivity index (χ4v) is 2.90. The molecule has 0 spiro atoms. The molecule has 0 aliphatic carbocycles. The third-order valence-electron chi connectivity index (χ3n) is 3.85. The Hall–Kier alpha value is -1.10. The van der Waals surface area contributed by atoms with E-state index in [9.17, 15) is 0 Å². The molecule has 0 unspecified atom stereocenters. The van der Waals surface area contributed by atoms with Crippen molar-refractivity contribution < 1.29 is 4.74 Å². The summed E-state index contributed by atoms with van der Waals surface area (Å²) in [6, 6.07) is 6.36. The summed E-state index contributed by atoms with van der Waals surface area (Å²) in [5.41, 5.74) is 3.48. The largest absolute Gasteiger partial charge is 0.379 e. The number of benzene rings is 1. The van der Waals surface area contributed by atoms with Crippen LogP contribution in [0.1, 0.15) is 11.4 Å². The maximum atomic E-state index is 6.05. The molecule has 1 aromatic carbocycles. The topological polar surface area (TPSA) is 30.3 Å². The number of fused-ring (bicyclic) bond motifs is 1. The molecule has 0 radical (unpaired) electrons. The highest BCUT2D eigenvalue weighted by atomic mass is 35.5. The predicted molar refractivity (Wildman–Crippen MR) is 81.3 cm³/mol. The molecular formula is C15H20ClN3O. The van der Waals surface area contributed by atoms with Crippen molar-refractivity contribution in [1.29, 1.82) is 0 Å². The van der Waals surface area contributed by atoms with Gasteiger partial charge in [-0.05, 0) is 24.6 Å². The number of aromatic nitrogens is 2. The maximum absolute atomic E-state index is 6.05. The van der Waals surface area contributed by atoms with Gasteiger partial charge in [-0.2, -0.15) is 0 Å². The van der Waals surface area contributed by atoms with Gasteiger partial charge in [0.2, 0.25) is 0 Å². The quantitative estimate of drug-likeness (QED) is 0.811. The molecule has 1 aromatic heterocycles. The average molecular weight is 294 g/mol. The lowest BCUT2D eigenvalue weighted by atomic mass is 10.2. The van der Waals surface area contributed by atoms with Gasteiger partial charge in [-0.3, -0.25) is 4.90 Å². The van der Waals surface area contributed by atoms with Crippen LogP contribution in [0.15, 0.2) is 18.2 Å². The van der Waals surface area contributed by atoms with Gasteiger partial charge in [-0.25, -0.2) is 4.98 Å². The van der Waals surface area contributed by atoms with Crippen LogP contribution in [0.5, 0.6) is 0 Å². The lowest BCUT2D eigenvalue weighted by Crippen LogP contribution is -2.38. The highest BCUT2D eigenvalue weighted by Crippen LogP contribution is 2.19. The van der Waals surface area contributed by atoms with Crippen LogP contribution in [-0.2, 0) is 17.2 Å². The molecule has 0 amide bonds. The van der Waals surface area contributed by atoms with Gasteiger partial charge in [0.1, 0.15) is 5.82 Å². The molecule has 4 nitrogen and oxygen atoms in total. The molecule has 0 bridgehead atoms. The summed E-state index contributed by atoms with van der Waals surface area (Å²) in [5, 5.41) is 0. The van der Waals surface area contributed by atoms with E-state index >= 15 is 0 Å². The van der Waals surface area contributed by atoms with E-state index in [1.54, 1.807) is 0 Å². The highest BCUT2D eigenvalue weighted by molar-refractivity contribution is 6.16. The van der Waals surface area contributed by atoms with E-state index in [0.29, 0.717) is 5.88 Å². The minimum absolute atomic E-state index is 0.455. The number of morpholine rings is 1. The van der Waals surface area contributed by atoms with E-state index in [0.717, 1.165) is 50.7 Å². The van der Waals surface area contributed by atoms with Crippen molar-refractivity contribution in [2.24, 2.45) is 0 Å². The van der Waals surface area contributed by atoms with Crippen molar-refractivity contribution in [3.8, 4) is 0 Å². The Balaban J connectivity index is 1.83. The molecule has 108 valence electrons. The van der Waals surface area contributed by atoms with Gasteiger partial charge in [0, 0.05) is 26.2 Å². The second-order valence-electron chi connectivity index (χ2n) is 5.26. The van der Waals surface area contributed by atoms with Gasteiger partial charge >= 0.3 is 0 Å². The summed E-state index contributed by atoms with van der Waals surface area (Å²) in [5.74, 6) is 1.41. The van der Waals surface area contributed by atoms with Crippen molar-refractivity contribution >= 4 is 22.6 Å². The second-order valence-corrected chi connectivity index (χ2v) is 5.53. The van der Waals surface area contributed by atoms with Gasteiger partial charge in [0.05, 0.1) is 30.1 Å². The van der Waals surface area contributed by atoms with Gasteiger partial charge in [-0.1, -0.05) is 6.07 Å². The van der Waals surface area contributed by atoms with Crippen LogP contribution in [0.4, 0.5) is 0 Å². The third kappa shape index (κ3) is 2.82. The van der Waals surface area contributed by atoms with Crippen LogP contribution in [-0.4, -0.2) is 47.3 Å². The minimum atomic E-state index is 0.455. The van der Waals surface area contributed by atoms with E-state index in [1.807, 2.05) is 0 Å². The lowest BCUT2D eigenvalue weighted by molar-refractivity contribution is 0.0364. The van der Waals surface area contributed by atoms with Gasteiger partial charge < -0.3 is 9.30 Å². The predicted octanol–water partition coefficient (Wildman–Crippen LogP) is 2.42. The summed E-state index contributed by atoms with van der Waals surface area (Å²) >= 11 is 6.05. The standard InChI is InChI=1S/C15H20ClN3O/c1-12-2-3-13-14(10-12)19(15(11-16)17-13)5-4-18-6-8-20-9-7-18/h2-3,10H,4-9,11H2,1H3. The van der Waals surface area contributed by atoms with Crippen molar-refractivity contribution in [1.82, 2.24) is 14.5 Å². The van der Waals surface area contributed by atoms with Crippen LogP contribution in [0.3, 0.4) is 0 Å². The molecule has 5 heteroatoms.